The molecule has 1 N–H and O–H groups in total. The number of fused-ring (bicyclic) bond motifs is 1. The Balaban J connectivity index is 2.37. The minimum atomic E-state index is -0.489. The molecular weight excluding hydrogens is 271 g/mol. The van der Waals surface area contributed by atoms with Gasteiger partial charge in [0.15, 0.2) is 0 Å². The van der Waals surface area contributed by atoms with E-state index in [0.29, 0.717) is 23.1 Å². The Morgan fingerprint density at radius 1 is 1.14 bits per heavy atom. The summed E-state index contributed by atoms with van der Waals surface area (Å²) in [5, 5.41) is 10.3. The van der Waals surface area contributed by atoms with Crippen LogP contribution in [-0.2, 0) is 6.42 Å². The number of aromatic hydroxyl groups is 1. The predicted molar refractivity (Wildman–Crippen MR) is 78.9 cm³/mol. The highest BCUT2D eigenvalue weighted by molar-refractivity contribution is 5.87. The first-order chi connectivity index (χ1) is 10.1. The Labute approximate surface area is 120 Å². The lowest BCUT2D eigenvalue weighted by atomic mass is 9.97. The maximum Gasteiger partial charge on any atom is 0.344 e. The second kappa shape index (κ2) is 5.05. The Bertz CT molecular complexity index is 864. The standard InChI is InChI=1S/C17H13FO3/c1-2-13-14-8-7-12(19)9-15(14)21-17(20)16(13)10-3-5-11(18)6-4-10/h3-9,19H,2H2,1H3. The molecule has 0 spiro atoms. The molecule has 0 saturated heterocycles. The van der Waals surface area contributed by atoms with E-state index in [1.54, 1.807) is 24.3 Å². The van der Waals surface area contributed by atoms with E-state index in [4.69, 9.17) is 4.42 Å². The van der Waals surface area contributed by atoms with Crippen LogP contribution in [0.3, 0.4) is 0 Å². The molecule has 0 amide bonds. The maximum absolute atomic E-state index is 13.1. The van der Waals surface area contributed by atoms with Crippen molar-refractivity contribution in [3.05, 3.63) is 64.3 Å². The van der Waals surface area contributed by atoms with Crippen LogP contribution in [0.15, 0.2) is 51.7 Å². The topological polar surface area (TPSA) is 50.4 Å². The first kappa shape index (κ1) is 13.4. The molecule has 2 aromatic carbocycles. The van der Waals surface area contributed by atoms with Crippen molar-refractivity contribution in [2.75, 3.05) is 0 Å². The number of phenols is 1. The molecule has 3 rings (SSSR count). The lowest BCUT2D eigenvalue weighted by molar-refractivity contribution is 0.473. The van der Waals surface area contributed by atoms with Crippen molar-refractivity contribution in [1.29, 1.82) is 0 Å². The average molecular weight is 284 g/mol. The molecule has 21 heavy (non-hydrogen) atoms. The molecule has 3 nitrogen and oxygen atoms in total. The van der Waals surface area contributed by atoms with E-state index in [2.05, 4.69) is 0 Å². The molecule has 0 aliphatic rings. The van der Waals surface area contributed by atoms with Crippen LogP contribution in [0.2, 0.25) is 0 Å². The molecule has 0 unspecified atom stereocenters. The van der Waals surface area contributed by atoms with Crippen LogP contribution in [0.25, 0.3) is 22.1 Å². The van der Waals surface area contributed by atoms with Gasteiger partial charge in [-0.2, -0.15) is 0 Å². The highest BCUT2D eigenvalue weighted by Gasteiger charge is 2.15. The third kappa shape index (κ3) is 2.29. The largest absolute Gasteiger partial charge is 0.508 e. The summed E-state index contributed by atoms with van der Waals surface area (Å²) in [5.41, 5.74) is 1.75. The number of aryl methyl sites for hydroxylation is 1. The number of benzene rings is 2. The Kier molecular flexibility index (Phi) is 3.22. The van der Waals surface area contributed by atoms with Crippen LogP contribution in [0.1, 0.15) is 12.5 Å². The molecule has 0 atom stereocenters. The number of halogens is 1. The molecule has 0 aliphatic heterocycles. The van der Waals surface area contributed by atoms with Crippen LogP contribution in [-0.4, -0.2) is 5.11 Å². The lowest BCUT2D eigenvalue weighted by Gasteiger charge is -2.10. The average Bonchev–Trinajstić information content (AvgIpc) is 2.46. The van der Waals surface area contributed by atoms with Gasteiger partial charge in [-0.15, -0.1) is 0 Å². The van der Waals surface area contributed by atoms with Crippen molar-refractivity contribution < 1.29 is 13.9 Å². The minimum absolute atomic E-state index is 0.0437. The number of phenolic OH excluding ortho intramolecular Hbond substituents is 1. The molecule has 3 aromatic rings. The summed E-state index contributed by atoms with van der Waals surface area (Å²) in [6.07, 6.45) is 0.625. The third-order valence-corrected chi connectivity index (χ3v) is 3.49. The van der Waals surface area contributed by atoms with Gasteiger partial charge in [0.1, 0.15) is 17.1 Å². The number of rotatable bonds is 2. The lowest BCUT2D eigenvalue weighted by Crippen LogP contribution is -2.07. The van der Waals surface area contributed by atoms with Gasteiger partial charge in [-0.3, -0.25) is 0 Å². The first-order valence-corrected chi connectivity index (χ1v) is 6.65. The molecule has 1 heterocycles. The minimum Gasteiger partial charge on any atom is -0.508 e. The first-order valence-electron chi connectivity index (χ1n) is 6.65. The molecule has 0 saturated carbocycles. The Morgan fingerprint density at radius 3 is 2.52 bits per heavy atom. The molecular formula is C17H13FO3. The van der Waals surface area contributed by atoms with Crippen LogP contribution in [0.4, 0.5) is 4.39 Å². The fourth-order valence-electron chi connectivity index (χ4n) is 2.53. The van der Waals surface area contributed by atoms with Gasteiger partial charge >= 0.3 is 5.63 Å². The summed E-state index contributed by atoms with van der Waals surface area (Å²) < 4.78 is 18.3. The van der Waals surface area contributed by atoms with Gasteiger partial charge in [0, 0.05) is 11.5 Å². The molecule has 0 radical (unpaired) electrons. The van der Waals surface area contributed by atoms with Crippen LogP contribution < -0.4 is 5.63 Å². The van der Waals surface area contributed by atoms with Crippen molar-refractivity contribution in [2.45, 2.75) is 13.3 Å². The number of hydrogen-bond acceptors (Lipinski definition) is 3. The van der Waals surface area contributed by atoms with Gasteiger partial charge in [0.25, 0.3) is 0 Å². The summed E-state index contributed by atoms with van der Waals surface area (Å²) in [7, 11) is 0. The van der Waals surface area contributed by atoms with Gasteiger partial charge in [-0.25, -0.2) is 9.18 Å². The van der Waals surface area contributed by atoms with E-state index in [9.17, 15) is 14.3 Å². The summed E-state index contributed by atoms with van der Waals surface area (Å²) in [6, 6.07) is 10.4. The number of hydrogen-bond donors (Lipinski definition) is 1. The normalized spacial score (nSPS) is 11.0. The smallest absolute Gasteiger partial charge is 0.344 e. The summed E-state index contributed by atoms with van der Waals surface area (Å²) in [5.74, 6) is -0.311. The van der Waals surface area contributed by atoms with Crippen molar-refractivity contribution in [3.8, 4) is 16.9 Å². The van der Waals surface area contributed by atoms with Crippen molar-refractivity contribution >= 4 is 11.0 Å². The molecule has 0 bridgehead atoms. The third-order valence-electron chi connectivity index (χ3n) is 3.49. The summed E-state index contributed by atoms with van der Waals surface area (Å²) >= 11 is 0. The van der Waals surface area contributed by atoms with Crippen molar-refractivity contribution in [3.63, 3.8) is 0 Å². The highest BCUT2D eigenvalue weighted by Crippen LogP contribution is 2.29. The Hall–Kier alpha value is -2.62. The van der Waals surface area contributed by atoms with Gasteiger partial charge < -0.3 is 9.52 Å². The van der Waals surface area contributed by atoms with Gasteiger partial charge in [-0.1, -0.05) is 19.1 Å². The van der Waals surface area contributed by atoms with Gasteiger partial charge in [-0.05, 0) is 41.8 Å². The molecule has 1 aromatic heterocycles. The van der Waals surface area contributed by atoms with Crippen LogP contribution in [0.5, 0.6) is 5.75 Å². The molecule has 4 heteroatoms. The van der Waals surface area contributed by atoms with Crippen molar-refractivity contribution in [1.82, 2.24) is 0 Å². The zero-order valence-electron chi connectivity index (χ0n) is 11.4. The van der Waals surface area contributed by atoms with E-state index in [0.717, 1.165) is 10.9 Å². The van der Waals surface area contributed by atoms with Crippen LogP contribution in [0, 0.1) is 5.82 Å². The quantitative estimate of drug-likeness (QED) is 0.727. The zero-order valence-corrected chi connectivity index (χ0v) is 11.4. The van der Waals surface area contributed by atoms with Gasteiger partial charge in [0.2, 0.25) is 0 Å². The summed E-state index contributed by atoms with van der Waals surface area (Å²) in [6.45, 7) is 1.94. The molecule has 106 valence electrons. The monoisotopic (exact) mass is 284 g/mol. The van der Waals surface area contributed by atoms with E-state index in [-0.39, 0.29) is 11.6 Å². The van der Waals surface area contributed by atoms with Gasteiger partial charge in [0.05, 0.1) is 5.56 Å². The highest BCUT2D eigenvalue weighted by atomic mass is 19.1. The fourth-order valence-corrected chi connectivity index (χ4v) is 2.53. The zero-order chi connectivity index (χ0) is 15.0. The van der Waals surface area contributed by atoms with E-state index >= 15 is 0 Å². The van der Waals surface area contributed by atoms with E-state index in [1.807, 2.05) is 6.92 Å². The molecule has 0 fully saturated rings. The van der Waals surface area contributed by atoms with Crippen LogP contribution >= 0.6 is 0 Å². The van der Waals surface area contributed by atoms with Crippen molar-refractivity contribution in [2.24, 2.45) is 0 Å². The molecule has 0 aliphatic carbocycles. The predicted octanol–water partition coefficient (Wildman–Crippen LogP) is 3.87. The Morgan fingerprint density at radius 2 is 1.86 bits per heavy atom. The SMILES string of the molecule is CCc1c(-c2ccc(F)cc2)c(=O)oc2cc(O)ccc12. The second-order valence-corrected chi connectivity index (χ2v) is 4.78. The fraction of sp³-hybridized carbons (Fsp3) is 0.118. The van der Waals surface area contributed by atoms with E-state index in [1.165, 1.54) is 18.2 Å². The van der Waals surface area contributed by atoms with E-state index < -0.39 is 5.63 Å². The second-order valence-electron chi connectivity index (χ2n) is 4.78. The maximum atomic E-state index is 13.1. The summed E-state index contributed by atoms with van der Waals surface area (Å²) in [4.78, 5) is 12.3.